The fourth-order valence-electron chi connectivity index (χ4n) is 2.45. The van der Waals surface area contributed by atoms with Gasteiger partial charge in [-0.2, -0.15) is 0 Å². The van der Waals surface area contributed by atoms with Crippen molar-refractivity contribution in [2.45, 2.75) is 12.8 Å². The van der Waals surface area contributed by atoms with Gasteiger partial charge in [0.1, 0.15) is 0 Å². The summed E-state index contributed by atoms with van der Waals surface area (Å²) in [5, 5.41) is 2.60. The number of benzene rings is 3. The normalized spacial score (nSPS) is 12.5. The fraction of sp³-hybridized carbons (Fsp3) is 0.105. The molecule has 3 rings (SSSR count). The van der Waals surface area contributed by atoms with Crippen molar-refractivity contribution in [2.75, 3.05) is 0 Å². The molecule has 0 bridgehead atoms. The smallest absolute Gasteiger partial charge is 0.00209 e. The first-order chi connectivity index (χ1) is 9.33. The second-order valence-electron chi connectivity index (χ2n) is 4.97. The minimum Gasteiger partial charge on any atom is -0.0622 e. The van der Waals surface area contributed by atoms with Crippen LogP contribution in [-0.4, -0.2) is 0 Å². The molecule has 0 saturated heterocycles. The Kier molecular flexibility index (Phi) is 3.33. The van der Waals surface area contributed by atoms with E-state index in [0.717, 1.165) is 0 Å². The SMILES string of the molecule is CC([CH]c1ccc2ccccc2c1)c1ccccc1. The van der Waals surface area contributed by atoms with Gasteiger partial charge in [0, 0.05) is 0 Å². The van der Waals surface area contributed by atoms with Gasteiger partial charge in [-0.05, 0) is 34.2 Å². The van der Waals surface area contributed by atoms with Gasteiger partial charge >= 0.3 is 0 Å². The van der Waals surface area contributed by atoms with Crippen LogP contribution in [0.3, 0.4) is 0 Å². The van der Waals surface area contributed by atoms with Crippen molar-refractivity contribution in [1.82, 2.24) is 0 Å². The zero-order chi connectivity index (χ0) is 13.1. The Balaban J connectivity index is 1.85. The maximum absolute atomic E-state index is 2.32. The lowest BCUT2D eigenvalue weighted by Gasteiger charge is -2.12. The van der Waals surface area contributed by atoms with E-state index in [4.69, 9.17) is 0 Å². The summed E-state index contributed by atoms with van der Waals surface area (Å²) in [4.78, 5) is 0. The number of fused-ring (bicyclic) bond motifs is 1. The van der Waals surface area contributed by atoms with Crippen LogP contribution in [0, 0.1) is 6.42 Å². The van der Waals surface area contributed by atoms with Crippen LogP contribution < -0.4 is 0 Å². The molecule has 93 valence electrons. The van der Waals surface area contributed by atoms with E-state index in [1.54, 1.807) is 0 Å². The van der Waals surface area contributed by atoms with Crippen LogP contribution in [0.1, 0.15) is 24.0 Å². The molecule has 1 unspecified atom stereocenters. The molecular weight excluding hydrogens is 228 g/mol. The molecule has 0 N–H and O–H groups in total. The van der Waals surface area contributed by atoms with Crippen molar-refractivity contribution in [1.29, 1.82) is 0 Å². The third-order valence-corrected chi connectivity index (χ3v) is 3.54. The summed E-state index contributed by atoms with van der Waals surface area (Å²) in [6.45, 7) is 2.24. The Hall–Kier alpha value is -2.08. The third-order valence-electron chi connectivity index (χ3n) is 3.54. The molecule has 3 aromatic carbocycles. The molecule has 0 heteroatoms. The summed E-state index contributed by atoms with van der Waals surface area (Å²) in [5.41, 5.74) is 2.64. The highest BCUT2D eigenvalue weighted by atomic mass is 14.1. The monoisotopic (exact) mass is 245 g/mol. The molecule has 0 aliphatic rings. The van der Waals surface area contributed by atoms with E-state index in [1.807, 2.05) is 0 Å². The van der Waals surface area contributed by atoms with Gasteiger partial charge < -0.3 is 0 Å². The lowest BCUT2D eigenvalue weighted by atomic mass is 9.93. The molecule has 0 heterocycles. The van der Waals surface area contributed by atoms with Gasteiger partial charge in [-0.3, -0.25) is 0 Å². The van der Waals surface area contributed by atoms with Crippen LogP contribution in [0.15, 0.2) is 72.8 Å². The molecule has 0 saturated carbocycles. The third kappa shape index (κ3) is 2.68. The summed E-state index contributed by atoms with van der Waals surface area (Å²) in [6, 6.07) is 25.8. The molecular formula is C19H17. The lowest BCUT2D eigenvalue weighted by molar-refractivity contribution is 0.905. The van der Waals surface area contributed by atoms with E-state index >= 15 is 0 Å². The maximum atomic E-state index is 2.32. The Bertz CT molecular complexity index is 668. The molecule has 0 aromatic heterocycles. The topological polar surface area (TPSA) is 0 Å². The quantitative estimate of drug-likeness (QED) is 0.595. The molecule has 0 nitrogen and oxygen atoms in total. The lowest BCUT2D eigenvalue weighted by Crippen LogP contribution is -1.95. The molecule has 0 fully saturated rings. The summed E-state index contributed by atoms with van der Waals surface area (Å²) in [6.07, 6.45) is 2.32. The van der Waals surface area contributed by atoms with E-state index in [-0.39, 0.29) is 0 Å². The van der Waals surface area contributed by atoms with Crippen LogP contribution in [0.4, 0.5) is 0 Å². The van der Waals surface area contributed by atoms with E-state index in [1.165, 1.54) is 21.9 Å². The van der Waals surface area contributed by atoms with E-state index in [9.17, 15) is 0 Å². The first kappa shape index (κ1) is 12.0. The molecule has 0 amide bonds. The summed E-state index contributed by atoms with van der Waals surface area (Å²) in [7, 11) is 0. The highest BCUT2D eigenvalue weighted by Gasteiger charge is 2.06. The predicted molar refractivity (Wildman–Crippen MR) is 82.2 cm³/mol. The van der Waals surface area contributed by atoms with Crippen molar-refractivity contribution in [3.63, 3.8) is 0 Å². The number of hydrogen-bond acceptors (Lipinski definition) is 0. The van der Waals surface area contributed by atoms with Gasteiger partial charge in [-0.15, -0.1) is 0 Å². The Morgan fingerprint density at radius 3 is 2.21 bits per heavy atom. The zero-order valence-electron chi connectivity index (χ0n) is 11.1. The van der Waals surface area contributed by atoms with Crippen molar-refractivity contribution in [2.24, 2.45) is 0 Å². The van der Waals surface area contributed by atoms with Gasteiger partial charge in [0.25, 0.3) is 0 Å². The second-order valence-corrected chi connectivity index (χ2v) is 4.97. The van der Waals surface area contributed by atoms with Crippen LogP contribution in [0.5, 0.6) is 0 Å². The molecule has 0 spiro atoms. The largest absolute Gasteiger partial charge is 0.0622 e. The first-order valence-corrected chi connectivity index (χ1v) is 6.71. The zero-order valence-corrected chi connectivity index (χ0v) is 11.1. The van der Waals surface area contributed by atoms with Gasteiger partial charge in [0.15, 0.2) is 0 Å². The molecule has 0 aliphatic carbocycles. The molecule has 3 aromatic rings. The second kappa shape index (κ2) is 5.27. The molecule has 19 heavy (non-hydrogen) atoms. The average molecular weight is 245 g/mol. The molecule has 1 atom stereocenters. The number of hydrogen-bond donors (Lipinski definition) is 0. The van der Waals surface area contributed by atoms with E-state index in [2.05, 4.69) is 86.1 Å². The predicted octanol–water partition coefficient (Wildman–Crippen LogP) is 5.20. The molecule has 1 radical (unpaired) electrons. The van der Waals surface area contributed by atoms with Crippen LogP contribution in [0.2, 0.25) is 0 Å². The van der Waals surface area contributed by atoms with Crippen molar-refractivity contribution < 1.29 is 0 Å². The summed E-state index contributed by atoms with van der Waals surface area (Å²) in [5.74, 6) is 0.433. The van der Waals surface area contributed by atoms with Crippen LogP contribution in [0.25, 0.3) is 10.8 Å². The van der Waals surface area contributed by atoms with Gasteiger partial charge in [0.2, 0.25) is 0 Å². The van der Waals surface area contributed by atoms with Crippen molar-refractivity contribution in [3.05, 3.63) is 90.3 Å². The van der Waals surface area contributed by atoms with E-state index in [0.29, 0.717) is 5.92 Å². The van der Waals surface area contributed by atoms with Gasteiger partial charge in [-0.25, -0.2) is 0 Å². The first-order valence-electron chi connectivity index (χ1n) is 6.71. The Labute approximate surface area is 114 Å². The summed E-state index contributed by atoms with van der Waals surface area (Å²) < 4.78 is 0. The highest BCUT2D eigenvalue weighted by molar-refractivity contribution is 5.83. The van der Waals surface area contributed by atoms with Crippen molar-refractivity contribution >= 4 is 10.8 Å². The fourth-order valence-corrected chi connectivity index (χ4v) is 2.45. The van der Waals surface area contributed by atoms with Gasteiger partial charge in [-0.1, -0.05) is 79.7 Å². The Morgan fingerprint density at radius 2 is 1.42 bits per heavy atom. The minimum absolute atomic E-state index is 0.433. The summed E-state index contributed by atoms with van der Waals surface area (Å²) >= 11 is 0. The van der Waals surface area contributed by atoms with E-state index < -0.39 is 0 Å². The Morgan fingerprint density at radius 1 is 0.737 bits per heavy atom. The molecule has 0 aliphatic heterocycles. The van der Waals surface area contributed by atoms with Crippen LogP contribution >= 0.6 is 0 Å². The van der Waals surface area contributed by atoms with Gasteiger partial charge in [0.05, 0.1) is 0 Å². The number of rotatable bonds is 3. The average Bonchev–Trinajstić information content (AvgIpc) is 2.48. The van der Waals surface area contributed by atoms with Crippen LogP contribution in [-0.2, 0) is 0 Å². The minimum atomic E-state index is 0.433. The highest BCUT2D eigenvalue weighted by Crippen LogP contribution is 2.24. The maximum Gasteiger partial charge on any atom is -0.00209 e. The standard InChI is InChI=1S/C19H17/c1-15(17-7-3-2-4-8-17)13-16-11-12-18-9-5-6-10-19(18)14-16/h2-15H,1H3. The van der Waals surface area contributed by atoms with Crippen molar-refractivity contribution in [3.8, 4) is 0 Å².